The Morgan fingerprint density at radius 1 is 0.792 bits per heavy atom. The second kappa shape index (κ2) is 15.2. The van der Waals surface area contributed by atoms with Crippen LogP contribution in [0.15, 0.2) is 30.3 Å². The van der Waals surface area contributed by atoms with Gasteiger partial charge < -0.3 is 5.32 Å². The predicted molar refractivity (Wildman–Crippen MR) is 103 cm³/mol. The van der Waals surface area contributed by atoms with Gasteiger partial charge in [0, 0.05) is 12.2 Å². The van der Waals surface area contributed by atoms with E-state index in [0.29, 0.717) is 0 Å². The van der Waals surface area contributed by atoms with E-state index < -0.39 is 0 Å². The smallest absolute Gasteiger partial charge is 0.239 e. The van der Waals surface area contributed by atoms with E-state index in [1.807, 2.05) is 30.3 Å². The van der Waals surface area contributed by atoms with E-state index in [4.69, 9.17) is 0 Å². The molecule has 0 aliphatic heterocycles. The van der Waals surface area contributed by atoms with Gasteiger partial charge in [-0.1, -0.05) is 82.9 Å². The highest BCUT2D eigenvalue weighted by atomic mass is 16.2. The Bertz CT molecular complexity index is 409. The molecule has 0 radical (unpaired) electrons. The van der Waals surface area contributed by atoms with Gasteiger partial charge in [-0.2, -0.15) is 0 Å². The first-order chi connectivity index (χ1) is 11.8. The molecular formula is C20H35N3O. The van der Waals surface area contributed by atoms with Crippen LogP contribution in [-0.2, 0) is 4.79 Å². The number of nitrogens with one attached hydrogen (secondary N) is 3. The molecule has 0 unspecified atom stereocenters. The first-order valence-corrected chi connectivity index (χ1v) is 9.63. The molecular weight excluding hydrogens is 298 g/mol. The monoisotopic (exact) mass is 333 g/mol. The largest absolute Gasteiger partial charge is 0.325 e. The lowest BCUT2D eigenvalue weighted by Crippen LogP contribution is -2.38. The Morgan fingerprint density at radius 3 is 2.00 bits per heavy atom. The summed E-state index contributed by atoms with van der Waals surface area (Å²) in [6.45, 7) is 3.46. The standard InChI is InChI=1S/C20H35N3O/c1-2-3-4-5-6-7-8-9-10-14-17-21-22-18-20(24)23-19-15-12-11-13-16-19/h11-13,15-16,21-22H,2-10,14,17-18H2,1H3,(H,23,24). The van der Waals surface area contributed by atoms with Gasteiger partial charge in [-0.15, -0.1) is 0 Å². The Balaban J connectivity index is 1.81. The van der Waals surface area contributed by atoms with Gasteiger partial charge in [0.15, 0.2) is 0 Å². The Labute approximate surface area is 147 Å². The molecule has 1 rings (SSSR count). The minimum absolute atomic E-state index is 0.0308. The molecule has 1 aromatic rings. The lowest BCUT2D eigenvalue weighted by molar-refractivity contribution is -0.115. The Hall–Kier alpha value is -1.39. The number of unbranched alkanes of at least 4 members (excludes halogenated alkanes) is 9. The Morgan fingerprint density at radius 2 is 1.38 bits per heavy atom. The van der Waals surface area contributed by atoms with Gasteiger partial charge in [0.1, 0.15) is 0 Å². The van der Waals surface area contributed by atoms with Gasteiger partial charge >= 0.3 is 0 Å². The zero-order valence-electron chi connectivity index (χ0n) is 15.3. The molecule has 1 amide bonds. The van der Waals surface area contributed by atoms with Crippen molar-refractivity contribution in [3.8, 4) is 0 Å². The maximum absolute atomic E-state index is 11.7. The molecule has 3 N–H and O–H groups in total. The van der Waals surface area contributed by atoms with Crippen LogP contribution in [0, 0.1) is 0 Å². The number of carbonyl (C=O) groups is 1. The van der Waals surface area contributed by atoms with Crippen molar-refractivity contribution in [1.82, 2.24) is 10.9 Å². The van der Waals surface area contributed by atoms with E-state index >= 15 is 0 Å². The number of anilines is 1. The average molecular weight is 334 g/mol. The fraction of sp³-hybridized carbons (Fsp3) is 0.650. The summed E-state index contributed by atoms with van der Waals surface area (Å²) < 4.78 is 0. The summed E-state index contributed by atoms with van der Waals surface area (Å²) in [5.74, 6) is -0.0308. The molecule has 0 saturated carbocycles. The van der Waals surface area contributed by atoms with Crippen molar-refractivity contribution in [2.24, 2.45) is 0 Å². The van der Waals surface area contributed by atoms with Gasteiger partial charge in [-0.05, 0) is 18.6 Å². The summed E-state index contributed by atoms with van der Waals surface area (Å²) in [5, 5.41) is 2.84. The number of hydrazine groups is 1. The molecule has 136 valence electrons. The van der Waals surface area contributed by atoms with Crippen molar-refractivity contribution in [2.75, 3.05) is 18.4 Å². The van der Waals surface area contributed by atoms with Crippen LogP contribution in [0.1, 0.15) is 71.1 Å². The fourth-order valence-corrected chi connectivity index (χ4v) is 2.66. The fourth-order valence-electron chi connectivity index (χ4n) is 2.66. The topological polar surface area (TPSA) is 53.2 Å². The van der Waals surface area contributed by atoms with Crippen molar-refractivity contribution < 1.29 is 4.79 Å². The molecule has 0 aromatic heterocycles. The van der Waals surface area contributed by atoms with Gasteiger partial charge in [0.25, 0.3) is 0 Å². The normalized spacial score (nSPS) is 10.7. The molecule has 0 saturated heterocycles. The number of para-hydroxylation sites is 1. The third kappa shape index (κ3) is 12.1. The number of carbonyl (C=O) groups excluding carboxylic acids is 1. The summed E-state index contributed by atoms with van der Waals surface area (Å²) in [5.41, 5.74) is 6.92. The van der Waals surface area contributed by atoms with Gasteiger partial charge in [-0.25, -0.2) is 5.43 Å². The summed E-state index contributed by atoms with van der Waals surface area (Å²) in [7, 11) is 0. The lowest BCUT2D eigenvalue weighted by Gasteiger charge is -2.08. The van der Waals surface area contributed by atoms with Gasteiger partial charge in [0.2, 0.25) is 5.91 Å². The summed E-state index contributed by atoms with van der Waals surface area (Å²) in [6, 6.07) is 9.52. The van der Waals surface area contributed by atoms with E-state index in [9.17, 15) is 4.79 Å². The SMILES string of the molecule is CCCCCCCCCCCCNNCC(=O)Nc1ccccc1. The van der Waals surface area contributed by atoms with Crippen molar-refractivity contribution in [1.29, 1.82) is 0 Å². The van der Waals surface area contributed by atoms with E-state index in [2.05, 4.69) is 23.1 Å². The molecule has 0 aliphatic carbocycles. The third-order valence-corrected chi connectivity index (χ3v) is 4.09. The van der Waals surface area contributed by atoms with E-state index in [-0.39, 0.29) is 12.5 Å². The first-order valence-electron chi connectivity index (χ1n) is 9.63. The number of hydrogen-bond acceptors (Lipinski definition) is 3. The number of hydrogen-bond donors (Lipinski definition) is 3. The quantitative estimate of drug-likeness (QED) is 0.324. The number of benzene rings is 1. The van der Waals surface area contributed by atoms with Crippen LogP contribution < -0.4 is 16.2 Å². The summed E-state index contributed by atoms with van der Waals surface area (Å²) in [6.07, 6.45) is 13.4. The van der Waals surface area contributed by atoms with E-state index in [0.717, 1.165) is 18.7 Å². The van der Waals surface area contributed by atoms with Crippen molar-refractivity contribution in [2.45, 2.75) is 71.1 Å². The lowest BCUT2D eigenvalue weighted by atomic mass is 10.1. The predicted octanol–water partition coefficient (Wildman–Crippen LogP) is 4.64. The number of amides is 1. The van der Waals surface area contributed by atoms with Crippen LogP contribution >= 0.6 is 0 Å². The maximum atomic E-state index is 11.7. The first kappa shape index (κ1) is 20.7. The minimum atomic E-state index is -0.0308. The highest BCUT2D eigenvalue weighted by Gasteiger charge is 2.00. The van der Waals surface area contributed by atoms with Crippen LogP contribution in [0.4, 0.5) is 5.69 Å². The molecule has 0 fully saturated rings. The molecule has 1 aromatic carbocycles. The second-order valence-electron chi connectivity index (χ2n) is 6.38. The van der Waals surface area contributed by atoms with Crippen LogP contribution in [0.3, 0.4) is 0 Å². The summed E-state index contributed by atoms with van der Waals surface area (Å²) >= 11 is 0. The van der Waals surface area contributed by atoms with Crippen LogP contribution in [0.25, 0.3) is 0 Å². The highest BCUT2D eigenvalue weighted by molar-refractivity contribution is 5.92. The third-order valence-electron chi connectivity index (χ3n) is 4.09. The van der Waals surface area contributed by atoms with Crippen molar-refractivity contribution in [3.05, 3.63) is 30.3 Å². The molecule has 0 spiro atoms. The molecule has 4 nitrogen and oxygen atoms in total. The van der Waals surface area contributed by atoms with Crippen LogP contribution in [0.2, 0.25) is 0 Å². The van der Waals surface area contributed by atoms with E-state index in [1.165, 1.54) is 57.8 Å². The maximum Gasteiger partial charge on any atom is 0.239 e. The minimum Gasteiger partial charge on any atom is -0.325 e. The van der Waals surface area contributed by atoms with Crippen LogP contribution in [-0.4, -0.2) is 19.0 Å². The molecule has 0 atom stereocenters. The Kier molecular flexibility index (Phi) is 13.0. The summed E-state index contributed by atoms with van der Waals surface area (Å²) in [4.78, 5) is 11.7. The van der Waals surface area contributed by atoms with Crippen molar-refractivity contribution in [3.63, 3.8) is 0 Å². The molecule has 4 heteroatoms. The number of rotatable bonds is 15. The molecule has 0 aliphatic rings. The molecule has 0 heterocycles. The average Bonchev–Trinajstić information content (AvgIpc) is 2.60. The van der Waals surface area contributed by atoms with Crippen LogP contribution in [0.5, 0.6) is 0 Å². The zero-order chi connectivity index (χ0) is 17.3. The zero-order valence-corrected chi connectivity index (χ0v) is 15.3. The molecule has 24 heavy (non-hydrogen) atoms. The second-order valence-corrected chi connectivity index (χ2v) is 6.38. The van der Waals surface area contributed by atoms with Gasteiger partial charge in [0.05, 0.1) is 6.54 Å². The molecule has 0 bridgehead atoms. The highest BCUT2D eigenvalue weighted by Crippen LogP contribution is 2.10. The van der Waals surface area contributed by atoms with E-state index in [1.54, 1.807) is 0 Å². The van der Waals surface area contributed by atoms with Gasteiger partial charge in [-0.3, -0.25) is 10.2 Å². The van der Waals surface area contributed by atoms with Crippen molar-refractivity contribution >= 4 is 11.6 Å².